The van der Waals surface area contributed by atoms with Crippen LogP contribution in [-0.2, 0) is 19.1 Å². The number of benzene rings is 1. The van der Waals surface area contributed by atoms with Crippen molar-refractivity contribution < 1.29 is 23.1 Å². The monoisotopic (exact) mass is 367 g/mol. The number of nitrogens with two attached hydrogens (primary N) is 1. The van der Waals surface area contributed by atoms with Gasteiger partial charge in [-0.25, -0.2) is 0 Å². The van der Waals surface area contributed by atoms with Gasteiger partial charge in [-0.2, -0.15) is 13.2 Å². The van der Waals surface area contributed by atoms with E-state index in [1.165, 1.54) is 6.07 Å². The van der Waals surface area contributed by atoms with Crippen molar-refractivity contribution in [2.45, 2.75) is 31.7 Å². The summed E-state index contributed by atoms with van der Waals surface area (Å²) in [5, 5.41) is 12.4. The van der Waals surface area contributed by atoms with Crippen LogP contribution in [0.3, 0.4) is 0 Å². The largest absolute Gasteiger partial charge is 0.433 e. The van der Waals surface area contributed by atoms with Crippen molar-refractivity contribution >= 4 is 5.91 Å². The van der Waals surface area contributed by atoms with E-state index < -0.39 is 23.9 Å². The van der Waals surface area contributed by atoms with E-state index in [9.17, 15) is 23.1 Å². The summed E-state index contributed by atoms with van der Waals surface area (Å²) in [6.45, 7) is 0.333. The molecular weight excluding hydrogens is 347 g/mol. The van der Waals surface area contributed by atoms with E-state index in [4.69, 9.17) is 5.73 Å². The van der Waals surface area contributed by atoms with Crippen molar-refractivity contribution in [1.82, 2.24) is 10.3 Å². The first-order valence-corrected chi connectivity index (χ1v) is 8.07. The molecule has 0 radical (unpaired) electrons. The van der Waals surface area contributed by atoms with E-state index in [0.717, 1.165) is 17.3 Å². The SMILES string of the molecule is NCc1ccccc1CC[C@H](O)CNC(=O)c1ccnc(C(F)(F)F)c1. The number of nitrogens with zero attached hydrogens (tertiary/aromatic N) is 1. The summed E-state index contributed by atoms with van der Waals surface area (Å²) in [5.74, 6) is -0.695. The number of carbonyl (C=O) groups is 1. The molecule has 0 spiro atoms. The first-order chi connectivity index (χ1) is 12.3. The summed E-state index contributed by atoms with van der Waals surface area (Å²) in [4.78, 5) is 15.2. The summed E-state index contributed by atoms with van der Waals surface area (Å²) < 4.78 is 37.9. The molecule has 0 saturated carbocycles. The number of halogens is 3. The third-order valence-electron chi connectivity index (χ3n) is 3.90. The highest BCUT2D eigenvalue weighted by molar-refractivity contribution is 5.94. The normalized spacial score (nSPS) is 12.7. The summed E-state index contributed by atoms with van der Waals surface area (Å²) in [6.07, 6.45) is -3.54. The zero-order valence-electron chi connectivity index (χ0n) is 14.0. The third kappa shape index (κ3) is 5.53. The fourth-order valence-corrected chi connectivity index (χ4v) is 2.46. The minimum absolute atomic E-state index is 0.0622. The van der Waals surface area contributed by atoms with Gasteiger partial charge < -0.3 is 16.2 Å². The first-order valence-electron chi connectivity index (χ1n) is 8.07. The van der Waals surface area contributed by atoms with Gasteiger partial charge >= 0.3 is 6.18 Å². The molecule has 140 valence electrons. The fourth-order valence-electron chi connectivity index (χ4n) is 2.46. The molecule has 4 N–H and O–H groups in total. The number of aryl methyl sites for hydroxylation is 1. The van der Waals surface area contributed by atoms with Crippen molar-refractivity contribution in [2.24, 2.45) is 5.73 Å². The average molecular weight is 367 g/mol. The molecule has 1 amide bonds. The van der Waals surface area contributed by atoms with Gasteiger partial charge in [-0.3, -0.25) is 9.78 Å². The Balaban J connectivity index is 1.87. The van der Waals surface area contributed by atoms with Gasteiger partial charge in [0, 0.05) is 24.8 Å². The topological polar surface area (TPSA) is 88.2 Å². The van der Waals surface area contributed by atoms with E-state index in [1.807, 2.05) is 24.3 Å². The number of nitrogens with one attached hydrogen (secondary N) is 1. The molecule has 2 aromatic rings. The predicted molar refractivity (Wildman–Crippen MR) is 90.2 cm³/mol. The molecule has 1 atom stereocenters. The number of carbonyl (C=O) groups excluding carboxylic acids is 1. The van der Waals surface area contributed by atoms with Crippen molar-refractivity contribution in [2.75, 3.05) is 6.54 Å². The number of amides is 1. The summed E-state index contributed by atoms with van der Waals surface area (Å²) in [6, 6.07) is 9.46. The molecule has 8 heteroatoms. The second-order valence-electron chi connectivity index (χ2n) is 5.80. The van der Waals surface area contributed by atoms with Crippen LogP contribution in [0.15, 0.2) is 42.6 Å². The number of hydrogen-bond acceptors (Lipinski definition) is 4. The predicted octanol–water partition coefficient (Wildman–Crippen LogP) is 2.28. The highest BCUT2D eigenvalue weighted by Gasteiger charge is 2.32. The van der Waals surface area contributed by atoms with E-state index >= 15 is 0 Å². The number of alkyl halides is 3. The van der Waals surface area contributed by atoms with Crippen molar-refractivity contribution in [3.8, 4) is 0 Å². The van der Waals surface area contributed by atoms with E-state index in [-0.39, 0.29) is 12.1 Å². The van der Waals surface area contributed by atoms with Gasteiger partial charge in [0.05, 0.1) is 6.10 Å². The molecule has 0 aliphatic carbocycles. The van der Waals surface area contributed by atoms with Crippen LogP contribution in [0.1, 0.15) is 33.6 Å². The Morgan fingerprint density at radius 1 is 1.23 bits per heavy atom. The lowest BCUT2D eigenvalue weighted by atomic mass is 10.0. The maximum Gasteiger partial charge on any atom is 0.433 e. The molecular formula is C18H20F3N3O2. The van der Waals surface area contributed by atoms with Gasteiger partial charge in [-0.15, -0.1) is 0 Å². The molecule has 1 aromatic heterocycles. The van der Waals surface area contributed by atoms with Crippen LogP contribution in [0.2, 0.25) is 0 Å². The smallest absolute Gasteiger partial charge is 0.391 e. The minimum Gasteiger partial charge on any atom is -0.391 e. The van der Waals surface area contributed by atoms with Crippen LogP contribution < -0.4 is 11.1 Å². The van der Waals surface area contributed by atoms with Gasteiger partial charge in [0.2, 0.25) is 0 Å². The maximum atomic E-state index is 12.6. The molecule has 5 nitrogen and oxygen atoms in total. The lowest BCUT2D eigenvalue weighted by Crippen LogP contribution is -2.32. The Bertz CT molecular complexity index is 750. The molecule has 1 heterocycles. The van der Waals surface area contributed by atoms with Crippen molar-refractivity contribution in [3.63, 3.8) is 0 Å². The Kier molecular flexibility index (Phi) is 6.70. The fraction of sp³-hybridized carbons (Fsp3) is 0.333. The maximum absolute atomic E-state index is 12.6. The van der Waals surface area contributed by atoms with Crippen LogP contribution in [0, 0.1) is 0 Å². The lowest BCUT2D eigenvalue weighted by Gasteiger charge is -2.14. The van der Waals surface area contributed by atoms with Crippen LogP contribution >= 0.6 is 0 Å². The van der Waals surface area contributed by atoms with E-state index in [1.54, 1.807) is 0 Å². The number of aliphatic hydroxyl groups excluding tert-OH is 1. The molecule has 26 heavy (non-hydrogen) atoms. The van der Waals surface area contributed by atoms with Crippen LogP contribution in [0.5, 0.6) is 0 Å². The van der Waals surface area contributed by atoms with Gasteiger partial charge in [-0.05, 0) is 36.1 Å². The van der Waals surface area contributed by atoms with Crippen LogP contribution in [0.4, 0.5) is 13.2 Å². The number of rotatable bonds is 7. The molecule has 0 fully saturated rings. The number of aromatic nitrogens is 1. The zero-order chi connectivity index (χ0) is 19.2. The first kappa shape index (κ1) is 19.9. The van der Waals surface area contributed by atoms with Gasteiger partial charge in [0.15, 0.2) is 0 Å². The summed E-state index contributed by atoms with van der Waals surface area (Å²) in [7, 11) is 0. The lowest BCUT2D eigenvalue weighted by molar-refractivity contribution is -0.141. The number of aliphatic hydroxyl groups is 1. The third-order valence-corrected chi connectivity index (χ3v) is 3.90. The van der Waals surface area contributed by atoms with Gasteiger partial charge in [0.1, 0.15) is 5.69 Å². The van der Waals surface area contributed by atoms with E-state index in [2.05, 4.69) is 10.3 Å². The molecule has 0 saturated heterocycles. The molecule has 0 bridgehead atoms. The summed E-state index contributed by atoms with van der Waals surface area (Å²) >= 11 is 0. The molecule has 0 aliphatic heterocycles. The summed E-state index contributed by atoms with van der Waals surface area (Å²) in [5.41, 5.74) is 6.37. The molecule has 2 rings (SSSR count). The molecule has 0 aliphatic rings. The zero-order valence-corrected chi connectivity index (χ0v) is 14.0. The molecule has 0 unspecified atom stereocenters. The standard InChI is InChI=1S/C18H20F3N3O2/c19-18(20,21)16-9-13(7-8-23-16)17(26)24-11-15(25)6-5-12-3-1-2-4-14(12)10-22/h1-4,7-9,15,25H,5-6,10-11,22H2,(H,24,26)/t15-/m0/s1. The minimum atomic E-state index is -4.62. The highest BCUT2D eigenvalue weighted by atomic mass is 19.4. The Morgan fingerprint density at radius 2 is 1.92 bits per heavy atom. The van der Waals surface area contributed by atoms with Gasteiger partial charge in [0.25, 0.3) is 5.91 Å². The van der Waals surface area contributed by atoms with Crippen LogP contribution in [-0.4, -0.2) is 28.6 Å². The van der Waals surface area contributed by atoms with Crippen LogP contribution in [0.25, 0.3) is 0 Å². The Morgan fingerprint density at radius 3 is 2.58 bits per heavy atom. The van der Waals surface area contributed by atoms with Gasteiger partial charge in [-0.1, -0.05) is 24.3 Å². The highest BCUT2D eigenvalue weighted by Crippen LogP contribution is 2.27. The average Bonchev–Trinajstić information content (AvgIpc) is 2.64. The second kappa shape index (κ2) is 8.77. The number of pyridine rings is 1. The quantitative estimate of drug-likeness (QED) is 0.701. The molecule has 1 aromatic carbocycles. The Hall–Kier alpha value is -2.45. The Labute approximate surface area is 149 Å². The van der Waals surface area contributed by atoms with Crippen molar-refractivity contribution in [3.05, 3.63) is 65.0 Å². The van der Waals surface area contributed by atoms with E-state index in [0.29, 0.717) is 25.5 Å². The van der Waals surface area contributed by atoms with Crippen molar-refractivity contribution in [1.29, 1.82) is 0 Å². The second-order valence-corrected chi connectivity index (χ2v) is 5.80. The number of hydrogen-bond donors (Lipinski definition) is 3.